The standard InChI is InChI=1S/C22H30N2O/c1-5-15-23(3)16-14-19-10-12-20(13-11-19)18-24(6-2)21-8-7-9-22(17-21)25-4/h5,7-13,17H,1,6,14-16,18H2,2-4H3. The van der Waals surface area contributed by atoms with Crippen molar-refractivity contribution in [1.82, 2.24) is 4.90 Å². The van der Waals surface area contributed by atoms with Crippen molar-refractivity contribution < 1.29 is 4.74 Å². The smallest absolute Gasteiger partial charge is 0.120 e. The van der Waals surface area contributed by atoms with Crippen molar-refractivity contribution in [3.05, 3.63) is 72.3 Å². The zero-order chi connectivity index (χ0) is 18.1. The molecule has 0 N–H and O–H groups in total. The van der Waals surface area contributed by atoms with E-state index in [1.165, 1.54) is 16.8 Å². The van der Waals surface area contributed by atoms with Crippen LogP contribution in [0.1, 0.15) is 18.1 Å². The molecule has 0 radical (unpaired) electrons. The summed E-state index contributed by atoms with van der Waals surface area (Å²) in [4.78, 5) is 4.64. The van der Waals surface area contributed by atoms with Crippen LogP contribution in [-0.4, -0.2) is 38.7 Å². The van der Waals surface area contributed by atoms with Crippen LogP contribution in [0.3, 0.4) is 0 Å². The zero-order valence-electron chi connectivity index (χ0n) is 15.7. The van der Waals surface area contributed by atoms with Gasteiger partial charge in [0.05, 0.1) is 7.11 Å². The average Bonchev–Trinajstić information content (AvgIpc) is 2.65. The summed E-state index contributed by atoms with van der Waals surface area (Å²) in [5.74, 6) is 0.898. The Bertz CT molecular complexity index is 651. The van der Waals surface area contributed by atoms with E-state index >= 15 is 0 Å². The largest absolute Gasteiger partial charge is 0.497 e. The first-order valence-corrected chi connectivity index (χ1v) is 8.92. The number of rotatable bonds is 10. The molecule has 134 valence electrons. The highest BCUT2D eigenvalue weighted by molar-refractivity contribution is 5.51. The third-order valence-corrected chi connectivity index (χ3v) is 4.42. The predicted molar refractivity (Wildman–Crippen MR) is 108 cm³/mol. The summed E-state index contributed by atoms with van der Waals surface area (Å²) >= 11 is 0. The summed E-state index contributed by atoms with van der Waals surface area (Å²) in [5, 5.41) is 0. The van der Waals surface area contributed by atoms with Gasteiger partial charge in [-0.3, -0.25) is 0 Å². The highest BCUT2D eigenvalue weighted by atomic mass is 16.5. The summed E-state index contributed by atoms with van der Waals surface area (Å²) in [6.07, 6.45) is 3.01. The molecule has 0 spiro atoms. The molecule has 3 heteroatoms. The zero-order valence-corrected chi connectivity index (χ0v) is 15.7. The number of likely N-dealkylation sites (N-methyl/N-ethyl adjacent to an activating group) is 1. The normalized spacial score (nSPS) is 10.7. The van der Waals surface area contributed by atoms with Crippen molar-refractivity contribution in [3.63, 3.8) is 0 Å². The number of anilines is 1. The van der Waals surface area contributed by atoms with Crippen molar-refractivity contribution in [2.24, 2.45) is 0 Å². The highest BCUT2D eigenvalue weighted by Gasteiger charge is 2.07. The van der Waals surface area contributed by atoms with E-state index in [2.05, 4.69) is 66.7 Å². The lowest BCUT2D eigenvalue weighted by Gasteiger charge is -2.24. The van der Waals surface area contributed by atoms with E-state index in [-0.39, 0.29) is 0 Å². The molecule has 0 bridgehead atoms. The number of hydrogen-bond acceptors (Lipinski definition) is 3. The van der Waals surface area contributed by atoms with Crippen molar-refractivity contribution in [3.8, 4) is 5.75 Å². The summed E-state index contributed by atoms with van der Waals surface area (Å²) in [7, 11) is 3.84. The highest BCUT2D eigenvalue weighted by Crippen LogP contribution is 2.22. The van der Waals surface area contributed by atoms with E-state index < -0.39 is 0 Å². The summed E-state index contributed by atoms with van der Waals surface area (Å²) in [6.45, 7) is 9.82. The van der Waals surface area contributed by atoms with Gasteiger partial charge in [-0.05, 0) is 43.7 Å². The molecule has 2 rings (SSSR count). The van der Waals surface area contributed by atoms with Gasteiger partial charge in [-0.25, -0.2) is 0 Å². The van der Waals surface area contributed by atoms with Gasteiger partial charge in [0.1, 0.15) is 5.75 Å². The van der Waals surface area contributed by atoms with Gasteiger partial charge in [-0.1, -0.05) is 36.4 Å². The van der Waals surface area contributed by atoms with Crippen LogP contribution in [-0.2, 0) is 13.0 Å². The van der Waals surface area contributed by atoms with Crippen molar-refractivity contribution in [1.29, 1.82) is 0 Å². The number of nitrogens with zero attached hydrogens (tertiary/aromatic N) is 2. The van der Waals surface area contributed by atoms with Gasteiger partial charge in [0.2, 0.25) is 0 Å². The van der Waals surface area contributed by atoms with Gasteiger partial charge in [0, 0.05) is 37.9 Å². The van der Waals surface area contributed by atoms with Gasteiger partial charge in [0.15, 0.2) is 0 Å². The molecule has 0 saturated carbocycles. The second kappa shape index (κ2) is 9.90. The van der Waals surface area contributed by atoms with Crippen LogP contribution in [0.15, 0.2) is 61.2 Å². The topological polar surface area (TPSA) is 15.7 Å². The Morgan fingerprint density at radius 1 is 1.08 bits per heavy atom. The quantitative estimate of drug-likeness (QED) is 0.598. The molecular formula is C22H30N2O. The fourth-order valence-electron chi connectivity index (χ4n) is 2.86. The molecule has 0 fully saturated rings. The molecule has 0 heterocycles. The molecule has 0 aliphatic rings. The maximum absolute atomic E-state index is 5.34. The number of methoxy groups -OCH3 is 1. The molecule has 25 heavy (non-hydrogen) atoms. The predicted octanol–water partition coefficient (Wildman–Crippen LogP) is 4.38. The van der Waals surface area contributed by atoms with Gasteiger partial charge >= 0.3 is 0 Å². The van der Waals surface area contributed by atoms with Crippen LogP contribution in [0.4, 0.5) is 5.69 Å². The maximum Gasteiger partial charge on any atom is 0.120 e. The van der Waals surface area contributed by atoms with Crippen molar-refractivity contribution >= 4 is 5.69 Å². The van der Waals surface area contributed by atoms with Crippen LogP contribution in [0.5, 0.6) is 5.75 Å². The van der Waals surface area contributed by atoms with E-state index in [0.717, 1.165) is 38.3 Å². The summed E-state index contributed by atoms with van der Waals surface area (Å²) in [5.41, 5.74) is 3.90. The minimum atomic E-state index is 0.898. The Morgan fingerprint density at radius 3 is 2.44 bits per heavy atom. The van der Waals surface area contributed by atoms with Crippen LogP contribution in [0.25, 0.3) is 0 Å². The molecule has 0 saturated heterocycles. The molecule has 0 aliphatic carbocycles. The van der Waals surface area contributed by atoms with E-state index in [9.17, 15) is 0 Å². The second-order valence-corrected chi connectivity index (χ2v) is 6.33. The first kappa shape index (κ1) is 19.1. The first-order chi connectivity index (χ1) is 12.2. The Labute approximate surface area is 152 Å². The van der Waals surface area contributed by atoms with Gasteiger partial charge in [0.25, 0.3) is 0 Å². The van der Waals surface area contributed by atoms with Crippen molar-refractivity contribution in [2.75, 3.05) is 38.7 Å². The number of ether oxygens (including phenoxy) is 1. The average molecular weight is 338 g/mol. The molecule has 3 nitrogen and oxygen atoms in total. The van der Waals surface area contributed by atoms with E-state index in [0.29, 0.717) is 0 Å². The van der Waals surface area contributed by atoms with Crippen molar-refractivity contribution in [2.45, 2.75) is 19.9 Å². The number of benzene rings is 2. The van der Waals surface area contributed by atoms with Crippen LogP contribution in [0.2, 0.25) is 0 Å². The van der Waals surface area contributed by atoms with Crippen LogP contribution in [0, 0.1) is 0 Å². The second-order valence-electron chi connectivity index (χ2n) is 6.33. The van der Waals surface area contributed by atoms with Crippen LogP contribution < -0.4 is 9.64 Å². The lowest BCUT2D eigenvalue weighted by atomic mass is 10.1. The maximum atomic E-state index is 5.34. The lowest BCUT2D eigenvalue weighted by Crippen LogP contribution is -2.22. The Kier molecular flexibility index (Phi) is 7.55. The molecule has 0 atom stereocenters. The first-order valence-electron chi connectivity index (χ1n) is 8.92. The van der Waals surface area contributed by atoms with E-state index in [4.69, 9.17) is 4.74 Å². The molecule has 0 aromatic heterocycles. The monoisotopic (exact) mass is 338 g/mol. The molecule has 0 amide bonds. The third kappa shape index (κ3) is 5.95. The third-order valence-electron chi connectivity index (χ3n) is 4.42. The van der Waals surface area contributed by atoms with E-state index in [1.807, 2.05) is 18.2 Å². The van der Waals surface area contributed by atoms with Gasteiger partial charge in [-0.15, -0.1) is 6.58 Å². The molecular weight excluding hydrogens is 308 g/mol. The molecule has 2 aromatic carbocycles. The molecule has 0 unspecified atom stereocenters. The van der Waals surface area contributed by atoms with Gasteiger partial charge in [-0.2, -0.15) is 0 Å². The fraction of sp³-hybridized carbons (Fsp3) is 0.364. The van der Waals surface area contributed by atoms with Gasteiger partial charge < -0.3 is 14.5 Å². The number of hydrogen-bond donors (Lipinski definition) is 0. The molecule has 2 aromatic rings. The Morgan fingerprint density at radius 2 is 1.80 bits per heavy atom. The Balaban J connectivity index is 1.97. The SMILES string of the molecule is C=CCN(C)CCc1ccc(CN(CC)c2cccc(OC)c2)cc1. The Hall–Kier alpha value is -2.26. The summed E-state index contributed by atoms with van der Waals surface area (Å²) < 4.78 is 5.34. The minimum absolute atomic E-state index is 0.898. The fourth-order valence-corrected chi connectivity index (χ4v) is 2.86. The summed E-state index contributed by atoms with van der Waals surface area (Å²) in [6, 6.07) is 17.2. The van der Waals surface area contributed by atoms with Crippen LogP contribution >= 0.6 is 0 Å². The molecule has 0 aliphatic heterocycles. The minimum Gasteiger partial charge on any atom is -0.497 e. The lowest BCUT2D eigenvalue weighted by molar-refractivity contribution is 0.375. The van der Waals surface area contributed by atoms with E-state index in [1.54, 1.807) is 7.11 Å².